The van der Waals surface area contributed by atoms with E-state index in [9.17, 15) is 5.11 Å². The first-order valence-electron chi connectivity index (χ1n) is 7.10. The number of nitrogens with zero attached hydrogens (tertiary/aromatic N) is 2. The van der Waals surface area contributed by atoms with Gasteiger partial charge in [0.15, 0.2) is 0 Å². The van der Waals surface area contributed by atoms with Crippen molar-refractivity contribution < 1.29 is 5.11 Å². The van der Waals surface area contributed by atoms with Crippen LogP contribution in [0.4, 0.5) is 5.82 Å². The van der Waals surface area contributed by atoms with Crippen LogP contribution in [0.15, 0.2) is 6.07 Å². The average Bonchev–Trinajstić information content (AvgIpc) is 3.16. The Labute approximate surface area is 118 Å². The monoisotopic (exact) mass is 281 g/mol. The zero-order valence-corrected chi connectivity index (χ0v) is 11.8. The second-order valence-corrected chi connectivity index (χ2v) is 6.31. The summed E-state index contributed by atoms with van der Waals surface area (Å²) >= 11 is 6.05. The predicted molar refractivity (Wildman–Crippen MR) is 75.5 cm³/mol. The van der Waals surface area contributed by atoms with E-state index in [0.717, 1.165) is 31.0 Å². The highest BCUT2D eigenvalue weighted by Gasteiger charge is 2.33. The van der Waals surface area contributed by atoms with Crippen molar-refractivity contribution in [1.82, 2.24) is 9.97 Å². The van der Waals surface area contributed by atoms with Gasteiger partial charge in [-0.25, -0.2) is 9.97 Å². The van der Waals surface area contributed by atoms with Crippen molar-refractivity contribution in [3.8, 4) is 0 Å². The molecule has 0 saturated heterocycles. The van der Waals surface area contributed by atoms with Crippen LogP contribution in [0, 0.1) is 5.41 Å². The zero-order chi connectivity index (χ0) is 13.3. The fraction of sp³-hybridized carbons (Fsp3) is 0.714. The van der Waals surface area contributed by atoms with Crippen LogP contribution in [-0.2, 0) is 0 Å². The number of halogens is 1. The molecule has 2 aliphatic rings. The molecule has 2 fully saturated rings. The summed E-state index contributed by atoms with van der Waals surface area (Å²) in [5.41, 5.74) is 0.0250. The number of hydrogen-bond acceptors (Lipinski definition) is 4. The maximum atomic E-state index is 9.60. The maximum absolute atomic E-state index is 9.60. The standard InChI is InChI=1S/C14H20ClN3O/c15-11-7-12(18-13(17-11)10-3-4-10)16-8-14(9-19)5-1-2-6-14/h7,10,19H,1-6,8-9H2,(H,16,17,18). The molecule has 19 heavy (non-hydrogen) atoms. The van der Waals surface area contributed by atoms with Crippen LogP contribution in [0.3, 0.4) is 0 Å². The zero-order valence-electron chi connectivity index (χ0n) is 11.0. The Kier molecular flexibility index (Phi) is 3.63. The minimum Gasteiger partial charge on any atom is -0.396 e. The van der Waals surface area contributed by atoms with Crippen LogP contribution in [0.25, 0.3) is 0 Å². The van der Waals surface area contributed by atoms with Gasteiger partial charge in [-0.05, 0) is 25.7 Å². The molecule has 0 spiro atoms. The van der Waals surface area contributed by atoms with Gasteiger partial charge in [-0.15, -0.1) is 0 Å². The van der Waals surface area contributed by atoms with Crippen LogP contribution >= 0.6 is 11.6 Å². The van der Waals surface area contributed by atoms with Gasteiger partial charge in [0.1, 0.15) is 16.8 Å². The van der Waals surface area contributed by atoms with Gasteiger partial charge in [-0.3, -0.25) is 0 Å². The first kappa shape index (κ1) is 13.1. The highest BCUT2D eigenvalue weighted by Crippen LogP contribution is 2.40. The van der Waals surface area contributed by atoms with Gasteiger partial charge in [0.05, 0.1) is 6.61 Å². The second-order valence-electron chi connectivity index (χ2n) is 5.93. The van der Waals surface area contributed by atoms with Crippen molar-refractivity contribution in [2.24, 2.45) is 5.41 Å². The SMILES string of the molecule is OCC1(CNc2cc(Cl)nc(C3CC3)n2)CCCC1. The van der Waals surface area contributed by atoms with E-state index in [0.29, 0.717) is 11.1 Å². The summed E-state index contributed by atoms with van der Waals surface area (Å²) in [7, 11) is 0. The third-order valence-corrected chi connectivity index (χ3v) is 4.49. The normalized spacial score (nSPS) is 21.6. The number of nitrogens with one attached hydrogen (secondary N) is 1. The molecular weight excluding hydrogens is 262 g/mol. The molecule has 1 heterocycles. The van der Waals surface area contributed by atoms with Crippen molar-refractivity contribution in [3.63, 3.8) is 0 Å². The lowest BCUT2D eigenvalue weighted by atomic mass is 9.87. The van der Waals surface area contributed by atoms with E-state index in [1.807, 2.05) is 0 Å². The van der Waals surface area contributed by atoms with Crippen molar-refractivity contribution in [3.05, 3.63) is 17.0 Å². The lowest BCUT2D eigenvalue weighted by Crippen LogP contribution is -2.30. The maximum Gasteiger partial charge on any atom is 0.135 e. The first-order chi connectivity index (χ1) is 9.21. The molecule has 0 bridgehead atoms. The Morgan fingerprint density at radius 2 is 2.05 bits per heavy atom. The van der Waals surface area contributed by atoms with Crippen molar-refractivity contribution in [1.29, 1.82) is 0 Å². The molecule has 4 nitrogen and oxygen atoms in total. The summed E-state index contributed by atoms with van der Waals surface area (Å²) in [5, 5.41) is 13.5. The quantitative estimate of drug-likeness (QED) is 0.815. The molecule has 2 N–H and O–H groups in total. The summed E-state index contributed by atoms with van der Waals surface area (Å²) in [6.45, 7) is 1.01. The van der Waals surface area contributed by atoms with Crippen LogP contribution in [0.5, 0.6) is 0 Å². The summed E-state index contributed by atoms with van der Waals surface area (Å²) < 4.78 is 0. The molecule has 0 aromatic carbocycles. The Morgan fingerprint density at radius 3 is 2.68 bits per heavy atom. The van der Waals surface area contributed by atoms with Crippen LogP contribution < -0.4 is 5.32 Å². The molecule has 1 aromatic heterocycles. The van der Waals surface area contributed by atoms with Gasteiger partial charge in [0, 0.05) is 23.9 Å². The average molecular weight is 282 g/mol. The van der Waals surface area contributed by atoms with Crippen molar-refractivity contribution >= 4 is 17.4 Å². The Hall–Kier alpha value is -0.870. The molecule has 3 rings (SSSR count). The van der Waals surface area contributed by atoms with Crippen LogP contribution in [0.1, 0.15) is 50.3 Å². The number of hydrogen-bond donors (Lipinski definition) is 2. The molecule has 2 saturated carbocycles. The van der Waals surface area contributed by atoms with E-state index in [-0.39, 0.29) is 12.0 Å². The molecule has 0 unspecified atom stereocenters. The van der Waals surface area contributed by atoms with Gasteiger partial charge < -0.3 is 10.4 Å². The minimum absolute atomic E-state index is 0.0250. The van der Waals surface area contributed by atoms with E-state index in [4.69, 9.17) is 11.6 Å². The van der Waals surface area contributed by atoms with Crippen LogP contribution in [0.2, 0.25) is 5.15 Å². The predicted octanol–water partition coefficient (Wildman–Crippen LogP) is 2.97. The van der Waals surface area contributed by atoms with Crippen LogP contribution in [-0.4, -0.2) is 28.2 Å². The van der Waals surface area contributed by atoms with Gasteiger partial charge in [0.2, 0.25) is 0 Å². The molecular formula is C14H20ClN3O. The minimum atomic E-state index is 0.0250. The van der Waals surface area contributed by atoms with E-state index >= 15 is 0 Å². The third-order valence-electron chi connectivity index (χ3n) is 4.30. The second kappa shape index (κ2) is 5.25. The summed E-state index contributed by atoms with van der Waals surface area (Å²) in [4.78, 5) is 8.81. The topological polar surface area (TPSA) is 58.0 Å². The van der Waals surface area contributed by atoms with Gasteiger partial charge in [0.25, 0.3) is 0 Å². The molecule has 5 heteroatoms. The lowest BCUT2D eigenvalue weighted by molar-refractivity contribution is 0.142. The smallest absolute Gasteiger partial charge is 0.135 e. The molecule has 104 valence electrons. The Balaban J connectivity index is 1.69. The Morgan fingerprint density at radius 1 is 1.32 bits per heavy atom. The van der Waals surface area contributed by atoms with Gasteiger partial charge >= 0.3 is 0 Å². The fourth-order valence-corrected chi connectivity index (χ4v) is 3.03. The van der Waals surface area contributed by atoms with E-state index in [2.05, 4.69) is 15.3 Å². The van der Waals surface area contributed by atoms with E-state index < -0.39 is 0 Å². The van der Waals surface area contributed by atoms with Gasteiger partial charge in [-0.2, -0.15) is 0 Å². The van der Waals surface area contributed by atoms with Gasteiger partial charge in [-0.1, -0.05) is 24.4 Å². The first-order valence-corrected chi connectivity index (χ1v) is 7.48. The number of aromatic nitrogens is 2. The largest absolute Gasteiger partial charge is 0.396 e. The molecule has 2 aliphatic carbocycles. The fourth-order valence-electron chi connectivity index (χ4n) is 2.84. The Bertz CT molecular complexity index is 456. The molecule has 1 aromatic rings. The summed E-state index contributed by atoms with van der Waals surface area (Å²) in [6, 6.07) is 1.77. The molecule has 0 aliphatic heterocycles. The van der Waals surface area contributed by atoms with E-state index in [1.165, 1.54) is 25.7 Å². The summed E-state index contributed by atoms with van der Waals surface area (Å²) in [6.07, 6.45) is 6.93. The molecule has 0 radical (unpaired) electrons. The number of aliphatic hydroxyl groups excluding tert-OH is 1. The lowest BCUT2D eigenvalue weighted by Gasteiger charge is -2.26. The molecule has 0 atom stereocenters. The highest BCUT2D eigenvalue weighted by molar-refractivity contribution is 6.29. The number of anilines is 1. The number of aliphatic hydroxyl groups is 1. The van der Waals surface area contributed by atoms with Crippen molar-refractivity contribution in [2.75, 3.05) is 18.5 Å². The van der Waals surface area contributed by atoms with Crippen molar-refractivity contribution in [2.45, 2.75) is 44.4 Å². The molecule has 0 amide bonds. The van der Waals surface area contributed by atoms with E-state index in [1.54, 1.807) is 6.07 Å². The number of rotatable bonds is 5. The third kappa shape index (κ3) is 3.00. The highest BCUT2D eigenvalue weighted by atomic mass is 35.5. The summed E-state index contributed by atoms with van der Waals surface area (Å²) in [5.74, 6) is 2.15.